The van der Waals surface area contributed by atoms with E-state index < -0.39 is 34.3 Å². The number of amides is 2. The Morgan fingerprint density at radius 3 is 2.15 bits per heavy atom. The molecule has 0 saturated heterocycles. The molecule has 1 saturated carbocycles. The predicted octanol–water partition coefficient (Wildman–Crippen LogP) is 6.34. The number of hydrogen-bond donors (Lipinski definition) is 1. The number of benzene rings is 4. The lowest BCUT2D eigenvalue weighted by Crippen LogP contribution is -2.54. The second kappa shape index (κ2) is 14.7. The number of halogens is 1. The van der Waals surface area contributed by atoms with Gasteiger partial charge in [0.1, 0.15) is 18.4 Å². The number of nitrogens with zero attached hydrogens (tertiary/aromatic N) is 2. The van der Waals surface area contributed by atoms with Gasteiger partial charge < -0.3 is 10.2 Å². The van der Waals surface area contributed by atoms with Gasteiger partial charge in [0.2, 0.25) is 11.8 Å². The van der Waals surface area contributed by atoms with Gasteiger partial charge in [0, 0.05) is 24.6 Å². The van der Waals surface area contributed by atoms with Crippen molar-refractivity contribution < 1.29 is 22.4 Å². The lowest BCUT2D eigenvalue weighted by atomic mass is 10.0. The monoisotopic (exact) mass is 641 g/mol. The Morgan fingerprint density at radius 2 is 1.50 bits per heavy atom. The van der Waals surface area contributed by atoms with Crippen molar-refractivity contribution in [1.82, 2.24) is 10.2 Å². The Balaban J connectivity index is 1.59. The highest BCUT2D eigenvalue weighted by Gasteiger charge is 2.36. The van der Waals surface area contributed by atoms with Crippen LogP contribution in [0, 0.1) is 19.7 Å². The van der Waals surface area contributed by atoms with Crippen LogP contribution >= 0.6 is 0 Å². The Labute approximate surface area is 271 Å². The number of carbonyl (C=O) groups excluding carboxylic acids is 2. The van der Waals surface area contributed by atoms with Crippen molar-refractivity contribution in [3.8, 4) is 0 Å². The third-order valence-corrected chi connectivity index (χ3v) is 10.3. The quantitative estimate of drug-likeness (QED) is 0.196. The van der Waals surface area contributed by atoms with E-state index in [-0.39, 0.29) is 35.4 Å². The number of carbonyl (C=O) groups is 2. The number of sulfonamides is 1. The second-order valence-electron chi connectivity index (χ2n) is 11.9. The summed E-state index contributed by atoms with van der Waals surface area (Å²) in [5.74, 6) is -1.48. The topological polar surface area (TPSA) is 86.8 Å². The number of hydrogen-bond acceptors (Lipinski definition) is 4. The van der Waals surface area contributed by atoms with Gasteiger partial charge in [-0.1, -0.05) is 97.3 Å². The smallest absolute Gasteiger partial charge is 0.264 e. The Morgan fingerprint density at radius 1 is 0.870 bits per heavy atom. The van der Waals surface area contributed by atoms with Crippen LogP contribution in [0.1, 0.15) is 47.9 Å². The van der Waals surface area contributed by atoms with E-state index in [0.717, 1.165) is 41.1 Å². The molecule has 2 amide bonds. The van der Waals surface area contributed by atoms with Crippen LogP contribution < -0.4 is 9.62 Å². The van der Waals surface area contributed by atoms with Crippen LogP contribution in [0.25, 0.3) is 0 Å². The first-order chi connectivity index (χ1) is 22.1. The Kier molecular flexibility index (Phi) is 10.5. The van der Waals surface area contributed by atoms with Crippen LogP contribution in [0.3, 0.4) is 0 Å². The highest BCUT2D eigenvalue weighted by molar-refractivity contribution is 7.92. The van der Waals surface area contributed by atoms with Crippen molar-refractivity contribution in [3.05, 3.63) is 131 Å². The van der Waals surface area contributed by atoms with E-state index in [1.165, 1.54) is 23.1 Å². The third kappa shape index (κ3) is 7.83. The van der Waals surface area contributed by atoms with Gasteiger partial charge in [-0.2, -0.15) is 0 Å². The molecule has 46 heavy (non-hydrogen) atoms. The lowest BCUT2D eigenvalue weighted by Gasteiger charge is -2.34. The predicted molar refractivity (Wildman–Crippen MR) is 178 cm³/mol. The summed E-state index contributed by atoms with van der Waals surface area (Å²) in [6, 6.07) is 27.7. The standard InChI is InChI=1S/C37H40FN3O4S/c1-27-21-22-34(28(2)23-27)41(46(44,45)32-18-7-4-8-19-32)26-36(42)40(25-30-15-9-12-20-33(30)38)35(24-29-13-5-3-6-14-29)37(43)39-31-16-10-11-17-31/h3-9,12-15,18-23,31,35H,10-11,16-17,24-26H2,1-2H3,(H,39,43). The number of anilines is 1. The molecular formula is C37H40FN3O4S. The Hall–Kier alpha value is -4.50. The molecule has 9 heteroatoms. The molecule has 4 aromatic carbocycles. The van der Waals surface area contributed by atoms with Gasteiger partial charge in [0.15, 0.2) is 0 Å². The molecule has 4 aromatic rings. The average molecular weight is 642 g/mol. The zero-order valence-electron chi connectivity index (χ0n) is 26.2. The maximum absolute atomic E-state index is 15.1. The molecular weight excluding hydrogens is 601 g/mol. The Bertz CT molecular complexity index is 1760. The van der Waals surface area contributed by atoms with E-state index in [0.29, 0.717) is 11.3 Å². The van der Waals surface area contributed by atoms with Crippen molar-refractivity contribution in [1.29, 1.82) is 0 Å². The van der Waals surface area contributed by atoms with Crippen molar-refractivity contribution in [2.45, 2.75) is 69.5 Å². The molecule has 1 unspecified atom stereocenters. The van der Waals surface area contributed by atoms with Crippen LogP contribution in [-0.4, -0.2) is 43.8 Å². The van der Waals surface area contributed by atoms with E-state index in [1.807, 2.05) is 43.3 Å². The molecule has 7 nitrogen and oxygen atoms in total. The highest BCUT2D eigenvalue weighted by atomic mass is 32.2. The molecule has 0 bridgehead atoms. The molecule has 0 radical (unpaired) electrons. The molecule has 0 aromatic heterocycles. The number of rotatable bonds is 12. The van der Waals surface area contributed by atoms with Crippen LogP contribution in [0.2, 0.25) is 0 Å². The minimum Gasteiger partial charge on any atom is -0.352 e. The van der Waals surface area contributed by atoms with Crippen LogP contribution in [0.15, 0.2) is 108 Å². The van der Waals surface area contributed by atoms with Crippen LogP contribution in [-0.2, 0) is 32.6 Å². The minimum absolute atomic E-state index is 0.0126. The zero-order valence-corrected chi connectivity index (χ0v) is 27.0. The zero-order chi connectivity index (χ0) is 32.7. The highest BCUT2D eigenvalue weighted by Crippen LogP contribution is 2.29. The van der Waals surface area contributed by atoms with Crippen LogP contribution in [0.4, 0.5) is 10.1 Å². The minimum atomic E-state index is -4.21. The fourth-order valence-corrected chi connectivity index (χ4v) is 7.55. The summed E-state index contributed by atoms with van der Waals surface area (Å²) >= 11 is 0. The van der Waals surface area contributed by atoms with Crippen molar-refractivity contribution >= 4 is 27.5 Å². The largest absolute Gasteiger partial charge is 0.352 e. The maximum Gasteiger partial charge on any atom is 0.264 e. The first-order valence-corrected chi connectivity index (χ1v) is 17.1. The van der Waals surface area contributed by atoms with Gasteiger partial charge in [-0.3, -0.25) is 13.9 Å². The van der Waals surface area contributed by atoms with Gasteiger partial charge >= 0.3 is 0 Å². The molecule has 1 atom stereocenters. The summed E-state index contributed by atoms with van der Waals surface area (Å²) in [7, 11) is -4.21. The molecule has 1 aliphatic carbocycles. The van der Waals surface area contributed by atoms with E-state index in [4.69, 9.17) is 0 Å². The summed E-state index contributed by atoms with van der Waals surface area (Å²) in [6.07, 6.45) is 3.89. The summed E-state index contributed by atoms with van der Waals surface area (Å²) in [5.41, 5.74) is 3.02. The van der Waals surface area contributed by atoms with Gasteiger partial charge in [-0.15, -0.1) is 0 Å². The molecule has 0 aliphatic heterocycles. The van der Waals surface area contributed by atoms with E-state index in [9.17, 15) is 18.0 Å². The number of aryl methyl sites for hydroxylation is 2. The van der Waals surface area contributed by atoms with E-state index in [1.54, 1.807) is 55.5 Å². The summed E-state index contributed by atoms with van der Waals surface area (Å²) in [5, 5.41) is 3.13. The molecule has 1 aliphatic rings. The maximum atomic E-state index is 15.1. The third-order valence-electron chi connectivity index (χ3n) is 8.50. The van der Waals surface area contributed by atoms with Gasteiger partial charge in [-0.05, 0) is 62.1 Å². The fraction of sp³-hybridized carbons (Fsp3) is 0.297. The summed E-state index contributed by atoms with van der Waals surface area (Å²) < 4.78 is 44.6. The fourth-order valence-electron chi connectivity index (χ4n) is 6.05. The van der Waals surface area contributed by atoms with Gasteiger partial charge in [0.25, 0.3) is 10.0 Å². The summed E-state index contributed by atoms with van der Waals surface area (Å²) in [6.45, 7) is 2.90. The second-order valence-corrected chi connectivity index (χ2v) is 13.8. The van der Waals surface area contributed by atoms with Crippen LogP contribution in [0.5, 0.6) is 0 Å². The first-order valence-electron chi connectivity index (χ1n) is 15.7. The first kappa shape index (κ1) is 32.9. The lowest BCUT2D eigenvalue weighted by molar-refractivity contribution is -0.140. The van der Waals surface area contributed by atoms with Crippen molar-refractivity contribution in [3.63, 3.8) is 0 Å². The average Bonchev–Trinajstić information content (AvgIpc) is 3.56. The SMILES string of the molecule is Cc1ccc(N(CC(=O)N(Cc2ccccc2F)C(Cc2ccccc2)C(=O)NC2CCCC2)S(=O)(=O)c2ccccc2)c(C)c1. The summed E-state index contributed by atoms with van der Waals surface area (Å²) in [4.78, 5) is 30.0. The van der Waals surface area contributed by atoms with Crippen molar-refractivity contribution in [2.75, 3.05) is 10.8 Å². The van der Waals surface area contributed by atoms with E-state index >= 15 is 4.39 Å². The molecule has 240 valence electrons. The molecule has 1 N–H and O–H groups in total. The molecule has 1 fully saturated rings. The molecule has 5 rings (SSSR count). The van der Waals surface area contributed by atoms with Gasteiger partial charge in [0.05, 0.1) is 10.6 Å². The molecule has 0 spiro atoms. The molecule has 0 heterocycles. The van der Waals surface area contributed by atoms with E-state index in [2.05, 4.69) is 5.32 Å². The van der Waals surface area contributed by atoms with Gasteiger partial charge in [-0.25, -0.2) is 12.8 Å². The normalized spacial score (nSPS) is 14.1. The number of nitrogens with one attached hydrogen (secondary N) is 1. The van der Waals surface area contributed by atoms with Crippen molar-refractivity contribution in [2.24, 2.45) is 0 Å².